The zero-order valence-corrected chi connectivity index (χ0v) is 15.4. The number of nitrogens with zero attached hydrogens (tertiary/aromatic N) is 1. The Morgan fingerprint density at radius 3 is 1.72 bits per heavy atom. The van der Waals surface area contributed by atoms with E-state index in [1.165, 1.54) is 0 Å². The van der Waals surface area contributed by atoms with E-state index in [1.54, 1.807) is 24.3 Å². The first-order valence-electron chi connectivity index (χ1n) is 8.17. The van der Waals surface area contributed by atoms with Gasteiger partial charge in [-0.2, -0.15) is 0 Å². The summed E-state index contributed by atoms with van der Waals surface area (Å²) >= 11 is 0. The fourth-order valence-electron chi connectivity index (χ4n) is 2.23. The van der Waals surface area contributed by atoms with E-state index >= 15 is 0 Å². The summed E-state index contributed by atoms with van der Waals surface area (Å²) in [6.45, 7) is 5.77. The molecule has 0 heterocycles. The largest absolute Gasteiger partial charge is 0.378 e. The predicted molar refractivity (Wildman–Crippen MR) is 102 cm³/mol. The quantitative estimate of drug-likeness (QED) is 0.896. The van der Waals surface area contributed by atoms with E-state index in [2.05, 4.69) is 10.6 Å². The van der Waals surface area contributed by atoms with E-state index < -0.39 is 0 Å². The predicted octanol–water partition coefficient (Wildman–Crippen LogP) is 3.53. The fraction of sp³-hybridized carbons (Fsp3) is 0.300. The maximum atomic E-state index is 12.3. The van der Waals surface area contributed by atoms with Crippen LogP contribution in [0.25, 0.3) is 0 Å². The molecule has 0 aliphatic rings. The van der Waals surface area contributed by atoms with Gasteiger partial charge in [0.05, 0.1) is 0 Å². The molecular weight excluding hydrogens is 314 g/mol. The molecule has 0 aliphatic heterocycles. The molecule has 2 aromatic rings. The molecule has 132 valence electrons. The van der Waals surface area contributed by atoms with Gasteiger partial charge in [0.1, 0.15) is 0 Å². The van der Waals surface area contributed by atoms with E-state index in [0.29, 0.717) is 11.1 Å². The van der Waals surface area contributed by atoms with Gasteiger partial charge in [-0.25, -0.2) is 0 Å². The van der Waals surface area contributed by atoms with Crippen LogP contribution in [0.4, 0.5) is 11.4 Å². The molecular formula is C20H25N3O2. The smallest absolute Gasteiger partial charge is 0.255 e. The van der Waals surface area contributed by atoms with Gasteiger partial charge in [-0.3, -0.25) is 9.59 Å². The Morgan fingerprint density at radius 2 is 1.28 bits per heavy atom. The molecule has 2 N–H and O–H groups in total. The van der Waals surface area contributed by atoms with Gasteiger partial charge in [-0.15, -0.1) is 0 Å². The minimum Gasteiger partial charge on any atom is -0.378 e. The zero-order chi connectivity index (χ0) is 18.6. The third-order valence-corrected chi connectivity index (χ3v) is 3.54. The van der Waals surface area contributed by atoms with Crippen LogP contribution in [0.1, 0.15) is 41.5 Å². The van der Waals surface area contributed by atoms with Crippen molar-refractivity contribution < 1.29 is 9.59 Å². The van der Waals surface area contributed by atoms with Crippen LogP contribution in [0.15, 0.2) is 48.5 Å². The van der Waals surface area contributed by atoms with Gasteiger partial charge < -0.3 is 15.5 Å². The number of hydrogen-bond donors (Lipinski definition) is 2. The summed E-state index contributed by atoms with van der Waals surface area (Å²) in [4.78, 5) is 26.4. The highest BCUT2D eigenvalue weighted by Crippen LogP contribution is 2.16. The van der Waals surface area contributed by atoms with Crippen molar-refractivity contribution in [1.29, 1.82) is 0 Å². The first-order valence-corrected chi connectivity index (χ1v) is 8.17. The monoisotopic (exact) mass is 339 g/mol. The normalized spacial score (nSPS) is 10.9. The molecule has 25 heavy (non-hydrogen) atoms. The van der Waals surface area contributed by atoms with Crippen molar-refractivity contribution in [3.8, 4) is 0 Å². The highest BCUT2D eigenvalue weighted by Gasteiger charge is 2.15. The number of carbonyl (C=O) groups excluding carboxylic acids is 2. The van der Waals surface area contributed by atoms with Gasteiger partial charge in [-0.05, 0) is 69.3 Å². The summed E-state index contributed by atoms with van der Waals surface area (Å²) in [5.74, 6) is -0.362. The standard InChI is InChI=1S/C20H25N3O2/c1-20(2,3)22-19(25)15-8-6-14(7-9-15)18(24)21-16-10-12-17(13-11-16)23(4)5/h6-13H,1-5H3,(H,21,24)(H,22,25). The van der Waals surface area contributed by atoms with Crippen molar-refractivity contribution in [3.05, 3.63) is 59.7 Å². The highest BCUT2D eigenvalue weighted by molar-refractivity contribution is 6.05. The highest BCUT2D eigenvalue weighted by atomic mass is 16.2. The second-order valence-corrected chi connectivity index (χ2v) is 7.18. The Kier molecular flexibility index (Phi) is 5.47. The summed E-state index contributed by atoms with van der Waals surface area (Å²) < 4.78 is 0. The van der Waals surface area contributed by atoms with Crippen molar-refractivity contribution in [2.45, 2.75) is 26.3 Å². The molecule has 0 unspecified atom stereocenters. The van der Waals surface area contributed by atoms with Crippen molar-refractivity contribution in [2.75, 3.05) is 24.3 Å². The van der Waals surface area contributed by atoms with Gasteiger partial charge in [0, 0.05) is 42.1 Å². The first-order chi connectivity index (χ1) is 11.7. The molecule has 2 rings (SSSR count). The van der Waals surface area contributed by atoms with E-state index in [4.69, 9.17) is 0 Å². The number of amides is 2. The summed E-state index contributed by atoms with van der Waals surface area (Å²) in [6, 6.07) is 14.2. The van der Waals surface area contributed by atoms with Crippen LogP contribution in [-0.2, 0) is 0 Å². The maximum Gasteiger partial charge on any atom is 0.255 e. The van der Waals surface area contributed by atoms with Crippen molar-refractivity contribution >= 4 is 23.2 Å². The summed E-state index contributed by atoms with van der Waals surface area (Å²) in [5, 5.41) is 5.75. The van der Waals surface area contributed by atoms with Gasteiger partial charge in [0.25, 0.3) is 11.8 Å². The molecule has 0 aromatic heterocycles. The summed E-state index contributed by atoms with van der Waals surface area (Å²) in [6.07, 6.45) is 0. The third-order valence-electron chi connectivity index (χ3n) is 3.54. The van der Waals surface area contributed by atoms with E-state index in [9.17, 15) is 9.59 Å². The number of hydrogen-bond acceptors (Lipinski definition) is 3. The van der Waals surface area contributed by atoms with Gasteiger partial charge in [0.15, 0.2) is 0 Å². The molecule has 0 bridgehead atoms. The van der Waals surface area contributed by atoms with Gasteiger partial charge >= 0.3 is 0 Å². The first kappa shape index (κ1) is 18.5. The lowest BCUT2D eigenvalue weighted by Crippen LogP contribution is -2.40. The lowest BCUT2D eigenvalue weighted by molar-refractivity contribution is 0.0918. The van der Waals surface area contributed by atoms with Crippen molar-refractivity contribution in [2.24, 2.45) is 0 Å². The Labute approximate surface area is 149 Å². The van der Waals surface area contributed by atoms with Crippen LogP contribution in [0.2, 0.25) is 0 Å². The second kappa shape index (κ2) is 7.38. The van der Waals surface area contributed by atoms with Crippen molar-refractivity contribution in [3.63, 3.8) is 0 Å². The SMILES string of the molecule is CN(C)c1ccc(NC(=O)c2ccc(C(=O)NC(C)(C)C)cc2)cc1. The minimum atomic E-state index is -0.300. The molecule has 2 amide bonds. The Morgan fingerprint density at radius 1 is 0.800 bits per heavy atom. The fourth-order valence-corrected chi connectivity index (χ4v) is 2.23. The number of nitrogens with one attached hydrogen (secondary N) is 2. The second-order valence-electron chi connectivity index (χ2n) is 7.18. The molecule has 5 nitrogen and oxygen atoms in total. The Hall–Kier alpha value is -2.82. The molecule has 0 spiro atoms. The van der Waals surface area contributed by atoms with Crippen LogP contribution in [-0.4, -0.2) is 31.4 Å². The molecule has 0 aliphatic carbocycles. The van der Waals surface area contributed by atoms with E-state index in [0.717, 1.165) is 11.4 Å². The van der Waals surface area contributed by atoms with Crippen molar-refractivity contribution in [1.82, 2.24) is 5.32 Å². The maximum absolute atomic E-state index is 12.3. The molecule has 0 saturated carbocycles. The van der Waals surface area contributed by atoms with Crippen LogP contribution in [0.3, 0.4) is 0 Å². The zero-order valence-electron chi connectivity index (χ0n) is 15.4. The number of carbonyl (C=O) groups is 2. The molecule has 0 atom stereocenters. The summed E-state index contributed by atoms with van der Waals surface area (Å²) in [7, 11) is 3.93. The minimum absolute atomic E-state index is 0.154. The lowest BCUT2D eigenvalue weighted by Gasteiger charge is -2.20. The Balaban J connectivity index is 2.04. The van der Waals surface area contributed by atoms with Crippen LogP contribution < -0.4 is 15.5 Å². The average Bonchev–Trinajstić information content (AvgIpc) is 2.54. The molecule has 0 saturated heterocycles. The number of anilines is 2. The van der Waals surface area contributed by atoms with Crippen LogP contribution in [0, 0.1) is 0 Å². The topological polar surface area (TPSA) is 61.4 Å². The molecule has 5 heteroatoms. The summed E-state index contributed by atoms with van der Waals surface area (Å²) in [5.41, 5.74) is 2.52. The van der Waals surface area contributed by atoms with Crippen LogP contribution in [0.5, 0.6) is 0 Å². The van der Waals surface area contributed by atoms with E-state index in [1.807, 2.05) is 64.0 Å². The Bertz CT molecular complexity index is 742. The van der Waals surface area contributed by atoms with E-state index in [-0.39, 0.29) is 17.4 Å². The third kappa shape index (κ3) is 5.35. The van der Waals surface area contributed by atoms with Gasteiger partial charge in [-0.1, -0.05) is 0 Å². The van der Waals surface area contributed by atoms with Gasteiger partial charge in [0.2, 0.25) is 0 Å². The average molecular weight is 339 g/mol. The molecule has 2 aromatic carbocycles. The lowest BCUT2D eigenvalue weighted by atomic mass is 10.1. The molecule has 0 radical (unpaired) electrons. The number of benzene rings is 2. The van der Waals surface area contributed by atoms with Crippen LogP contribution >= 0.6 is 0 Å². The molecule has 0 fully saturated rings. The number of rotatable bonds is 4.